The molecule has 2 N–H and O–H groups in total. The zero-order chi connectivity index (χ0) is 12.7. The van der Waals surface area contributed by atoms with Crippen LogP contribution < -0.4 is 5.73 Å². The molecule has 5 heteroatoms. The van der Waals surface area contributed by atoms with Crippen LogP contribution in [0.4, 0.5) is 0 Å². The average Bonchev–Trinajstić information content (AvgIpc) is 2.31. The Labute approximate surface area is 101 Å². The van der Waals surface area contributed by atoms with Gasteiger partial charge in [0.1, 0.15) is 19.4 Å². The van der Waals surface area contributed by atoms with Crippen LogP contribution in [0.3, 0.4) is 0 Å². The van der Waals surface area contributed by atoms with Crippen LogP contribution in [-0.4, -0.2) is 18.7 Å². The number of benzene rings is 1. The summed E-state index contributed by atoms with van der Waals surface area (Å²) in [5.41, 5.74) is 8.33. The van der Waals surface area contributed by atoms with Gasteiger partial charge in [-0.05, 0) is 25.0 Å². The number of hydrogen-bond donors (Lipinski definition) is 1. The molecule has 0 aromatic heterocycles. The first kappa shape index (κ1) is 13.0. The Bertz CT molecular complexity index is 428. The summed E-state index contributed by atoms with van der Waals surface area (Å²) in [5.74, 6) is 0.209. The smallest absolute Gasteiger partial charge is 0.187 e. The molecule has 0 radical (unpaired) electrons. The van der Waals surface area contributed by atoms with Gasteiger partial charge in [-0.1, -0.05) is 34.6 Å². The molecule has 1 aromatic rings. The SMILES string of the molecule is CO/N=C(C)/C(N)=N\OCc1ccccc1C. The van der Waals surface area contributed by atoms with Crippen LogP contribution in [0.2, 0.25) is 0 Å². The van der Waals surface area contributed by atoms with Crippen LogP contribution in [0.15, 0.2) is 34.6 Å². The van der Waals surface area contributed by atoms with E-state index in [9.17, 15) is 0 Å². The van der Waals surface area contributed by atoms with Crippen LogP contribution >= 0.6 is 0 Å². The molecule has 0 aliphatic rings. The quantitative estimate of drug-likeness (QED) is 0.480. The molecule has 0 bridgehead atoms. The maximum Gasteiger partial charge on any atom is 0.187 e. The monoisotopic (exact) mass is 235 g/mol. The van der Waals surface area contributed by atoms with Gasteiger partial charge in [0.15, 0.2) is 5.84 Å². The molecule has 17 heavy (non-hydrogen) atoms. The molecule has 0 aliphatic carbocycles. The van der Waals surface area contributed by atoms with Crippen LogP contribution in [0.5, 0.6) is 0 Å². The molecule has 0 amide bonds. The highest BCUT2D eigenvalue weighted by Gasteiger charge is 2.00. The normalized spacial score (nSPS) is 12.4. The zero-order valence-electron chi connectivity index (χ0n) is 10.3. The topological polar surface area (TPSA) is 69.2 Å². The second-order valence-electron chi connectivity index (χ2n) is 3.54. The maximum absolute atomic E-state index is 5.62. The number of aryl methyl sites for hydroxylation is 1. The number of nitrogens with zero attached hydrogens (tertiary/aromatic N) is 2. The van der Waals surface area contributed by atoms with Crippen molar-refractivity contribution in [2.24, 2.45) is 16.0 Å². The third-order valence-electron chi connectivity index (χ3n) is 2.24. The van der Waals surface area contributed by atoms with Gasteiger partial charge < -0.3 is 15.4 Å². The van der Waals surface area contributed by atoms with Crippen LogP contribution in [0.1, 0.15) is 18.1 Å². The third kappa shape index (κ3) is 4.14. The summed E-state index contributed by atoms with van der Waals surface area (Å²) < 4.78 is 0. The van der Waals surface area contributed by atoms with Crippen molar-refractivity contribution in [3.8, 4) is 0 Å². The first-order valence-corrected chi connectivity index (χ1v) is 5.23. The summed E-state index contributed by atoms with van der Waals surface area (Å²) in [7, 11) is 1.45. The lowest BCUT2D eigenvalue weighted by Crippen LogP contribution is -2.21. The molecule has 92 valence electrons. The lowest BCUT2D eigenvalue weighted by Gasteiger charge is -2.04. The number of hydrogen-bond acceptors (Lipinski definition) is 4. The van der Waals surface area contributed by atoms with Crippen molar-refractivity contribution in [1.29, 1.82) is 0 Å². The first-order chi connectivity index (χ1) is 8.15. The largest absolute Gasteiger partial charge is 0.399 e. The summed E-state index contributed by atoms with van der Waals surface area (Å²) in [6, 6.07) is 7.93. The number of nitrogens with two attached hydrogens (primary N) is 1. The van der Waals surface area contributed by atoms with E-state index in [0.29, 0.717) is 12.3 Å². The van der Waals surface area contributed by atoms with Crippen molar-refractivity contribution in [1.82, 2.24) is 0 Å². The summed E-state index contributed by atoms with van der Waals surface area (Å²) in [4.78, 5) is 9.74. The molecule has 5 nitrogen and oxygen atoms in total. The number of rotatable bonds is 5. The fourth-order valence-corrected chi connectivity index (χ4v) is 1.19. The van der Waals surface area contributed by atoms with Gasteiger partial charge in [0.25, 0.3) is 0 Å². The molecule has 0 fully saturated rings. The summed E-state index contributed by atoms with van der Waals surface area (Å²) >= 11 is 0. The van der Waals surface area contributed by atoms with Crippen LogP contribution in [0.25, 0.3) is 0 Å². The molecular formula is C12H17N3O2. The van der Waals surface area contributed by atoms with Gasteiger partial charge in [0, 0.05) is 0 Å². The highest BCUT2D eigenvalue weighted by atomic mass is 16.6. The van der Waals surface area contributed by atoms with Gasteiger partial charge in [0.05, 0.1) is 0 Å². The van der Waals surface area contributed by atoms with Gasteiger partial charge >= 0.3 is 0 Å². The molecule has 0 saturated carbocycles. The van der Waals surface area contributed by atoms with Gasteiger partial charge in [-0.15, -0.1) is 0 Å². The third-order valence-corrected chi connectivity index (χ3v) is 2.24. The minimum atomic E-state index is 0.209. The van der Waals surface area contributed by atoms with E-state index in [4.69, 9.17) is 10.6 Å². The lowest BCUT2D eigenvalue weighted by atomic mass is 10.1. The zero-order valence-corrected chi connectivity index (χ0v) is 10.3. The Hall–Kier alpha value is -2.04. The van der Waals surface area contributed by atoms with Crippen molar-refractivity contribution in [3.63, 3.8) is 0 Å². The van der Waals surface area contributed by atoms with E-state index in [1.165, 1.54) is 7.11 Å². The van der Waals surface area contributed by atoms with Crippen molar-refractivity contribution < 1.29 is 9.68 Å². The molecule has 1 rings (SSSR count). The average molecular weight is 235 g/mol. The fraction of sp³-hybridized carbons (Fsp3) is 0.333. The molecular weight excluding hydrogens is 218 g/mol. The van der Waals surface area contributed by atoms with Crippen molar-refractivity contribution in [3.05, 3.63) is 35.4 Å². The number of oxime groups is 2. The first-order valence-electron chi connectivity index (χ1n) is 5.23. The van der Waals surface area contributed by atoms with E-state index in [1.54, 1.807) is 6.92 Å². The van der Waals surface area contributed by atoms with Gasteiger partial charge in [-0.25, -0.2) is 0 Å². The summed E-state index contributed by atoms with van der Waals surface area (Å²) in [6.07, 6.45) is 0. The van der Waals surface area contributed by atoms with E-state index in [1.807, 2.05) is 31.2 Å². The second-order valence-corrected chi connectivity index (χ2v) is 3.54. The highest BCUT2D eigenvalue weighted by molar-refractivity contribution is 6.39. The predicted octanol–water partition coefficient (Wildman–Crippen LogP) is 1.81. The summed E-state index contributed by atoms with van der Waals surface area (Å²) in [5, 5.41) is 7.41. The van der Waals surface area contributed by atoms with Crippen LogP contribution in [0, 0.1) is 6.92 Å². The summed E-state index contributed by atoms with van der Waals surface area (Å²) in [6.45, 7) is 4.09. The second kappa shape index (κ2) is 6.52. The Kier molecular flexibility index (Phi) is 5.00. The molecule has 1 aromatic carbocycles. The Morgan fingerprint density at radius 2 is 2.00 bits per heavy atom. The van der Waals surface area contributed by atoms with E-state index >= 15 is 0 Å². The van der Waals surface area contributed by atoms with Gasteiger partial charge in [-0.3, -0.25) is 0 Å². The predicted molar refractivity (Wildman–Crippen MR) is 67.7 cm³/mol. The van der Waals surface area contributed by atoms with Crippen molar-refractivity contribution >= 4 is 11.5 Å². The van der Waals surface area contributed by atoms with Gasteiger partial charge in [-0.2, -0.15) is 0 Å². The van der Waals surface area contributed by atoms with Crippen molar-refractivity contribution in [2.45, 2.75) is 20.5 Å². The molecule has 0 unspecified atom stereocenters. The van der Waals surface area contributed by atoms with Crippen molar-refractivity contribution in [2.75, 3.05) is 7.11 Å². The standard InChI is InChI=1S/C12H17N3O2/c1-9-6-4-5-7-11(9)8-17-15-12(13)10(2)14-16-3/h4-7H,8H2,1-3H3,(H2,13,15)/b14-10+. The lowest BCUT2D eigenvalue weighted by molar-refractivity contribution is 0.130. The van der Waals surface area contributed by atoms with E-state index < -0.39 is 0 Å². The highest BCUT2D eigenvalue weighted by Crippen LogP contribution is 2.08. The minimum Gasteiger partial charge on any atom is -0.399 e. The molecule has 0 atom stereocenters. The minimum absolute atomic E-state index is 0.209. The molecule has 0 heterocycles. The van der Waals surface area contributed by atoms with Gasteiger partial charge in [0.2, 0.25) is 0 Å². The van der Waals surface area contributed by atoms with E-state index in [2.05, 4.69) is 15.1 Å². The Morgan fingerprint density at radius 1 is 1.29 bits per heavy atom. The Balaban J connectivity index is 2.55. The molecule has 0 saturated heterocycles. The van der Waals surface area contributed by atoms with E-state index in [-0.39, 0.29) is 5.84 Å². The molecule has 0 aliphatic heterocycles. The van der Waals surface area contributed by atoms with Crippen LogP contribution in [-0.2, 0) is 16.3 Å². The number of amidine groups is 1. The fourth-order valence-electron chi connectivity index (χ4n) is 1.19. The van der Waals surface area contributed by atoms with E-state index in [0.717, 1.165) is 11.1 Å². The molecule has 0 spiro atoms. The Morgan fingerprint density at radius 3 is 2.65 bits per heavy atom. The maximum atomic E-state index is 5.62.